The summed E-state index contributed by atoms with van der Waals surface area (Å²) in [5.41, 5.74) is 1.95. The van der Waals surface area contributed by atoms with Crippen LogP contribution in [0.4, 0.5) is 9.18 Å². The molecule has 2 aromatic rings. The topological polar surface area (TPSA) is 138 Å². The van der Waals surface area contributed by atoms with Crippen molar-refractivity contribution in [3.05, 3.63) is 70.1 Å². The fourth-order valence-electron chi connectivity index (χ4n) is 4.88. The van der Waals surface area contributed by atoms with E-state index in [1.807, 2.05) is 13.8 Å². The molecule has 11 nitrogen and oxygen atoms in total. The fraction of sp³-hybridized carbons (Fsp3) is 0.346. The third kappa shape index (κ3) is 4.31. The minimum absolute atomic E-state index is 0.0515. The average molecular weight is 523 g/mol. The maximum atomic E-state index is 14.9. The lowest BCUT2D eigenvalue weighted by Crippen LogP contribution is -2.57. The van der Waals surface area contributed by atoms with Crippen molar-refractivity contribution in [2.75, 3.05) is 20.3 Å². The van der Waals surface area contributed by atoms with Crippen molar-refractivity contribution in [3.63, 3.8) is 0 Å². The predicted octanol–water partition coefficient (Wildman–Crippen LogP) is 2.37. The largest absolute Gasteiger partial charge is 0.494 e. The Hall–Kier alpha value is -4.48. The summed E-state index contributed by atoms with van der Waals surface area (Å²) in [5.74, 6) is -1.95. The number of aromatic amines is 1. The third-order valence-corrected chi connectivity index (χ3v) is 6.85. The van der Waals surface area contributed by atoms with E-state index in [1.165, 1.54) is 18.1 Å². The quantitative estimate of drug-likeness (QED) is 0.360. The van der Waals surface area contributed by atoms with E-state index >= 15 is 0 Å². The second-order valence-corrected chi connectivity index (χ2v) is 9.36. The van der Waals surface area contributed by atoms with Crippen LogP contribution in [0.3, 0.4) is 0 Å². The van der Waals surface area contributed by atoms with Gasteiger partial charge < -0.3 is 19.7 Å². The Labute approximate surface area is 217 Å². The number of rotatable bonds is 8. The molecule has 0 spiro atoms. The highest BCUT2D eigenvalue weighted by molar-refractivity contribution is 6.10. The molecule has 4 heterocycles. The average Bonchev–Trinajstić information content (AvgIpc) is 3.58. The number of carbonyl (C=O) groups is 3. The van der Waals surface area contributed by atoms with Crippen molar-refractivity contribution >= 4 is 23.6 Å². The molecule has 5 rings (SSSR count). The van der Waals surface area contributed by atoms with Gasteiger partial charge in [0.05, 0.1) is 31.1 Å². The normalized spacial score (nSPS) is 21.3. The number of benzene rings is 1. The monoisotopic (exact) mass is 522 g/mol. The molecule has 3 aliphatic heterocycles. The molecule has 12 heteroatoms. The Bertz CT molecular complexity index is 1410. The SMILES string of the molecule is CCC1=C(N=C(C)Cc2cn[nH]c2)C=C([C@]2(CN3Cc4ccc(OC)c(F)c4C3=O)NC(=O)NC2=O)OC1. The Balaban J connectivity index is 1.49. The zero-order valence-corrected chi connectivity index (χ0v) is 21.2. The molecular weight excluding hydrogens is 495 g/mol. The lowest BCUT2D eigenvalue weighted by Gasteiger charge is -2.34. The van der Waals surface area contributed by atoms with Crippen molar-refractivity contribution in [2.45, 2.75) is 38.8 Å². The van der Waals surface area contributed by atoms with Gasteiger partial charge in [0.25, 0.3) is 11.8 Å². The van der Waals surface area contributed by atoms with Crippen LogP contribution in [0.15, 0.2) is 52.6 Å². The zero-order valence-electron chi connectivity index (χ0n) is 21.2. The maximum Gasteiger partial charge on any atom is 0.322 e. The van der Waals surface area contributed by atoms with Gasteiger partial charge >= 0.3 is 6.03 Å². The number of methoxy groups -OCH3 is 1. The number of fused-ring (bicyclic) bond motifs is 1. The van der Waals surface area contributed by atoms with Gasteiger partial charge in [-0.25, -0.2) is 9.18 Å². The van der Waals surface area contributed by atoms with Gasteiger partial charge in [-0.15, -0.1) is 0 Å². The number of halogens is 1. The number of urea groups is 1. The van der Waals surface area contributed by atoms with Crippen LogP contribution in [-0.2, 0) is 22.5 Å². The van der Waals surface area contributed by atoms with Crippen LogP contribution in [0.25, 0.3) is 0 Å². The first-order valence-electron chi connectivity index (χ1n) is 12.1. The molecule has 4 amide bonds. The molecule has 1 atom stereocenters. The molecule has 0 saturated carbocycles. The van der Waals surface area contributed by atoms with Gasteiger partial charge in [0.15, 0.2) is 17.1 Å². The van der Waals surface area contributed by atoms with Crippen molar-refractivity contribution < 1.29 is 28.2 Å². The Kier molecular flexibility index (Phi) is 6.47. The van der Waals surface area contributed by atoms with Crippen LogP contribution in [0.5, 0.6) is 5.75 Å². The zero-order chi connectivity index (χ0) is 27.0. The summed E-state index contributed by atoms with van der Waals surface area (Å²) in [7, 11) is 1.32. The molecule has 1 aromatic heterocycles. The number of amides is 4. The molecule has 3 N–H and O–H groups in total. The summed E-state index contributed by atoms with van der Waals surface area (Å²) in [6.45, 7) is 3.81. The van der Waals surface area contributed by atoms with Crippen LogP contribution in [0.1, 0.15) is 41.8 Å². The molecule has 0 aliphatic carbocycles. The predicted molar refractivity (Wildman–Crippen MR) is 134 cm³/mol. The first-order valence-corrected chi connectivity index (χ1v) is 12.1. The first kappa shape index (κ1) is 25.2. The van der Waals surface area contributed by atoms with E-state index in [2.05, 4.69) is 20.8 Å². The number of nitrogens with zero attached hydrogens (tertiary/aromatic N) is 3. The highest BCUT2D eigenvalue weighted by atomic mass is 19.1. The number of hydrogen-bond acceptors (Lipinski definition) is 7. The number of aromatic nitrogens is 2. The second kappa shape index (κ2) is 9.77. The lowest BCUT2D eigenvalue weighted by molar-refractivity contribution is -0.124. The van der Waals surface area contributed by atoms with E-state index in [9.17, 15) is 18.8 Å². The number of allylic oxidation sites excluding steroid dienone is 1. The summed E-state index contributed by atoms with van der Waals surface area (Å²) in [6, 6.07) is 2.34. The molecule has 0 unspecified atom stereocenters. The third-order valence-electron chi connectivity index (χ3n) is 6.85. The standard InChI is InChI=1S/C26H27FN6O5/c1-4-16-12-38-20(8-18(16)30-14(2)7-15-9-28-29-10-15)26(24(35)31-25(36)32-26)13-33-11-17-5-6-19(37-3)22(27)21(17)23(33)34/h5-6,8-10H,4,7,11-13H2,1-3H3,(H,28,29)(H2,31,32,35,36)/t26-/m0/s1. The number of imide groups is 1. The Morgan fingerprint density at radius 3 is 2.79 bits per heavy atom. The van der Waals surface area contributed by atoms with Gasteiger partial charge in [-0.3, -0.25) is 25.0 Å². The number of carbonyl (C=O) groups excluding carboxylic acids is 3. The van der Waals surface area contributed by atoms with Gasteiger partial charge in [0.1, 0.15) is 12.4 Å². The number of ether oxygens (including phenoxy) is 2. The van der Waals surface area contributed by atoms with Crippen LogP contribution in [0, 0.1) is 5.82 Å². The molecule has 198 valence electrons. The van der Waals surface area contributed by atoms with Crippen molar-refractivity contribution in [3.8, 4) is 5.75 Å². The highest BCUT2D eigenvalue weighted by Gasteiger charge is 2.54. The van der Waals surface area contributed by atoms with E-state index in [-0.39, 0.29) is 36.8 Å². The van der Waals surface area contributed by atoms with Gasteiger partial charge in [-0.2, -0.15) is 5.10 Å². The van der Waals surface area contributed by atoms with Crippen LogP contribution < -0.4 is 15.4 Å². The Morgan fingerprint density at radius 2 is 2.13 bits per heavy atom. The van der Waals surface area contributed by atoms with Gasteiger partial charge in [0.2, 0.25) is 0 Å². The maximum absolute atomic E-state index is 14.9. The van der Waals surface area contributed by atoms with Crippen LogP contribution in [-0.4, -0.2) is 64.5 Å². The molecule has 0 bridgehead atoms. The molecule has 0 radical (unpaired) electrons. The van der Waals surface area contributed by atoms with E-state index < -0.39 is 29.2 Å². The minimum Gasteiger partial charge on any atom is -0.494 e. The summed E-state index contributed by atoms with van der Waals surface area (Å²) in [4.78, 5) is 44.9. The van der Waals surface area contributed by atoms with Crippen LogP contribution >= 0.6 is 0 Å². The van der Waals surface area contributed by atoms with Crippen molar-refractivity contribution in [2.24, 2.45) is 4.99 Å². The fourth-order valence-corrected chi connectivity index (χ4v) is 4.88. The summed E-state index contributed by atoms with van der Waals surface area (Å²) < 4.78 is 25.9. The minimum atomic E-state index is -1.71. The number of hydrogen-bond donors (Lipinski definition) is 3. The molecule has 3 aliphatic rings. The number of aliphatic imine (C=N–C) groups is 1. The highest BCUT2D eigenvalue weighted by Crippen LogP contribution is 2.35. The van der Waals surface area contributed by atoms with E-state index in [1.54, 1.807) is 24.5 Å². The molecule has 1 aromatic carbocycles. The Morgan fingerprint density at radius 1 is 1.32 bits per heavy atom. The number of nitrogens with one attached hydrogen (secondary N) is 3. The van der Waals surface area contributed by atoms with E-state index in [4.69, 9.17) is 14.5 Å². The molecular formula is C26H27FN6O5. The second-order valence-electron chi connectivity index (χ2n) is 9.36. The van der Waals surface area contributed by atoms with Gasteiger partial charge in [-0.1, -0.05) is 13.0 Å². The first-order chi connectivity index (χ1) is 18.3. The molecule has 1 fully saturated rings. The van der Waals surface area contributed by atoms with E-state index in [0.29, 0.717) is 24.1 Å². The summed E-state index contributed by atoms with van der Waals surface area (Å²) in [6.07, 6.45) is 6.36. The summed E-state index contributed by atoms with van der Waals surface area (Å²) >= 11 is 0. The number of H-pyrrole nitrogens is 1. The van der Waals surface area contributed by atoms with Gasteiger partial charge in [0, 0.05) is 31.0 Å². The van der Waals surface area contributed by atoms with Crippen LogP contribution in [0.2, 0.25) is 0 Å². The van der Waals surface area contributed by atoms with Crippen molar-refractivity contribution in [1.82, 2.24) is 25.7 Å². The smallest absolute Gasteiger partial charge is 0.322 e. The van der Waals surface area contributed by atoms with E-state index in [0.717, 1.165) is 16.8 Å². The summed E-state index contributed by atoms with van der Waals surface area (Å²) in [5, 5.41) is 11.6. The molecule has 1 saturated heterocycles. The van der Waals surface area contributed by atoms with Gasteiger partial charge in [-0.05, 0) is 36.1 Å². The lowest BCUT2D eigenvalue weighted by atomic mass is 9.93. The molecule has 38 heavy (non-hydrogen) atoms. The van der Waals surface area contributed by atoms with Crippen molar-refractivity contribution in [1.29, 1.82) is 0 Å².